The van der Waals surface area contributed by atoms with Gasteiger partial charge in [-0.2, -0.15) is 0 Å². The van der Waals surface area contributed by atoms with Crippen molar-refractivity contribution >= 4 is 5.97 Å². The molecule has 0 fully saturated rings. The van der Waals surface area contributed by atoms with Gasteiger partial charge in [0.1, 0.15) is 12.4 Å². The maximum atomic E-state index is 11.0. The quantitative estimate of drug-likeness (QED) is 0.786. The molecule has 1 aromatic carbocycles. The Labute approximate surface area is 108 Å². The summed E-state index contributed by atoms with van der Waals surface area (Å²) in [7, 11) is 1.35. The normalized spacial score (nSPS) is 12.3. The van der Waals surface area contributed by atoms with Crippen molar-refractivity contribution in [1.29, 1.82) is 0 Å². The monoisotopic (exact) mass is 251 g/mol. The predicted octanol–water partition coefficient (Wildman–Crippen LogP) is 2.08. The largest absolute Gasteiger partial charge is 0.492 e. The van der Waals surface area contributed by atoms with Crippen molar-refractivity contribution in [1.82, 2.24) is 0 Å². The lowest BCUT2D eigenvalue weighted by Crippen LogP contribution is -2.30. The van der Waals surface area contributed by atoms with E-state index in [1.54, 1.807) is 0 Å². The molecule has 1 atom stereocenters. The van der Waals surface area contributed by atoms with Crippen LogP contribution in [0.1, 0.15) is 31.7 Å². The Kier molecular flexibility index (Phi) is 5.65. The van der Waals surface area contributed by atoms with Crippen molar-refractivity contribution in [2.75, 3.05) is 13.7 Å². The lowest BCUT2D eigenvalue weighted by atomic mass is 10.0. The molecule has 0 aliphatic rings. The highest BCUT2D eigenvalue weighted by Crippen LogP contribution is 2.20. The van der Waals surface area contributed by atoms with E-state index in [-0.39, 0.29) is 18.4 Å². The number of hydrogen-bond donors (Lipinski definition) is 1. The Balaban J connectivity index is 2.48. The van der Waals surface area contributed by atoms with Crippen molar-refractivity contribution in [3.63, 3.8) is 0 Å². The summed E-state index contributed by atoms with van der Waals surface area (Å²) in [6.07, 6.45) is 0.167. The van der Waals surface area contributed by atoms with E-state index in [4.69, 9.17) is 10.5 Å². The molecule has 1 rings (SSSR count). The SMILES string of the molecule is COC(=O)CC(N)COc1cccc(C(C)C)c1. The van der Waals surface area contributed by atoms with Gasteiger partial charge in [-0.05, 0) is 23.6 Å². The fourth-order valence-electron chi connectivity index (χ4n) is 1.52. The van der Waals surface area contributed by atoms with Crippen LogP contribution in [-0.4, -0.2) is 25.7 Å². The first-order valence-corrected chi connectivity index (χ1v) is 6.08. The van der Waals surface area contributed by atoms with Crippen LogP contribution in [-0.2, 0) is 9.53 Å². The maximum absolute atomic E-state index is 11.0. The van der Waals surface area contributed by atoms with Crippen molar-refractivity contribution in [2.24, 2.45) is 5.73 Å². The molecule has 0 bridgehead atoms. The van der Waals surface area contributed by atoms with E-state index in [0.29, 0.717) is 12.5 Å². The molecule has 1 aromatic rings. The van der Waals surface area contributed by atoms with E-state index in [2.05, 4.69) is 24.7 Å². The van der Waals surface area contributed by atoms with Crippen LogP contribution in [0.25, 0.3) is 0 Å². The number of rotatable bonds is 6. The lowest BCUT2D eigenvalue weighted by molar-refractivity contribution is -0.141. The number of methoxy groups -OCH3 is 1. The van der Waals surface area contributed by atoms with Crippen LogP contribution < -0.4 is 10.5 Å². The highest BCUT2D eigenvalue weighted by molar-refractivity contribution is 5.69. The standard InChI is InChI=1S/C14H21NO3/c1-10(2)11-5-4-6-13(7-11)18-9-12(15)8-14(16)17-3/h4-7,10,12H,8-9,15H2,1-3H3. The molecule has 0 saturated heterocycles. The molecule has 18 heavy (non-hydrogen) atoms. The number of ether oxygens (including phenoxy) is 2. The summed E-state index contributed by atoms with van der Waals surface area (Å²) in [4.78, 5) is 11.0. The molecule has 0 amide bonds. The van der Waals surface area contributed by atoms with E-state index in [1.807, 2.05) is 18.2 Å². The zero-order valence-electron chi connectivity index (χ0n) is 11.2. The fourth-order valence-corrected chi connectivity index (χ4v) is 1.52. The zero-order chi connectivity index (χ0) is 13.5. The summed E-state index contributed by atoms with van der Waals surface area (Å²) >= 11 is 0. The molecular formula is C14H21NO3. The van der Waals surface area contributed by atoms with Crippen molar-refractivity contribution < 1.29 is 14.3 Å². The lowest BCUT2D eigenvalue weighted by Gasteiger charge is -2.13. The first-order valence-electron chi connectivity index (χ1n) is 6.08. The van der Waals surface area contributed by atoms with Gasteiger partial charge in [0.2, 0.25) is 0 Å². The Morgan fingerprint density at radius 3 is 2.72 bits per heavy atom. The molecule has 2 N–H and O–H groups in total. The van der Waals surface area contributed by atoms with Gasteiger partial charge in [-0.3, -0.25) is 4.79 Å². The number of carbonyl (C=O) groups excluding carboxylic acids is 1. The molecule has 1 unspecified atom stereocenters. The molecule has 0 spiro atoms. The highest BCUT2D eigenvalue weighted by atomic mass is 16.5. The highest BCUT2D eigenvalue weighted by Gasteiger charge is 2.10. The smallest absolute Gasteiger partial charge is 0.307 e. The van der Waals surface area contributed by atoms with Crippen LogP contribution in [0, 0.1) is 0 Å². The van der Waals surface area contributed by atoms with Gasteiger partial charge >= 0.3 is 5.97 Å². The minimum atomic E-state index is -0.347. The average molecular weight is 251 g/mol. The van der Waals surface area contributed by atoms with Gasteiger partial charge in [0.15, 0.2) is 0 Å². The molecule has 0 aliphatic heterocycles. The van der Waals surface area contributed by atoms with Gasteiger partial charge in [-0.15, -0.1) is 0 Å². The number of carbonyl (C=O) groups is 1. The molecule has 4 nitrogen and oxygen atoms in total. The summed E-state index contributed by atoms with van der Waals surface area (Å²) in [6.45, 7) is 4.56. The Bertz CT molecular complexity index is 390. The van der Waals surface area contributed by atoms with Crippen LogP contribution in [0.5, 0.6) is 5.75 Å². The van der Waals surface area contributed by atoms with Gasteiger partial charge in [0.25, 0.3) is 0 Å². The first-order chi connectivity index (χ1) is 8.52. The van der Waals surface area contributed by atoms with Gasteiger partial charge in [0.05, 0.1) is 13.5 Å². The summed E-state index contributed by atoms with van der Waals surface area (Å²) in [6, 6.07) is 7.55. The summed E-state index contributed by atoms with van der Waals surface area (Å²) in [5.41, 5.74) is 6.99. The Morgan fingerprint density at radius 2 is 2.11 bits per heavy atom. The minimum Gasteiger partial charge on any atom is -0.492 e. The van der Waals surface area contributed by atoms with Crippen LogP contribution >= 0.6 is 0 Å². The number of nitrogens with two attached hydrogens (primary N) is 1. The second-order valence-corrected chi connectivity index (χ2v) is 4.58. The summed E-state index contributed by atoms with van der Waals surface area (Å²) in [5.74, 6) is 0.917. The third-order valence-electron chi connectivity index (χ3n) is 2.65. The maximum Gasteiger partial charge on any atom is 0.307 e. The number of esters is 1. The van der Waals surface area contributed by atoms with Crippen LogP contribution in [0.3, 0.4) is 0 Å². The predicted molar refractivity (Wildman–Crippen MR) is 70.6 cm³/mol. The minimum absolute atomic E-state index is 0.167. The first kappa shape index (κ1) is 14.5. The Morgan fingerprint density at radius 1 is 1.39 bits per heavy atom. The summed E-state index contributed by atoms with van der Waals surface area (Å²) in [5, 5.41) is 0. The van der Waals surface area contributed by atoms with Gasteiger partial charge in [-0.1, -0.05) is 26.0 Å². The molecular weight excluding hydrogens is 230 g/mol. The average Bonchev–Trinajstić information content (AvgIpc) is 2.36. The van der Waals surface area contributed by atoms with Crippen molar-refractivity contribution in [3.8, 4) is 5.75 Å². The topological polar surface area (TPSA) is 61.5 Å². The molecule has 0 radical (unpaired) electrons. The van der Waals surface area contributed by atoms with Gasteiger partial charge < -0.3 is 15.2 Å². The summed E-state index contributed by atoms with van der Waals surface area (Å²) < 4.78 is 10.1. The third-order valence-corrected chi connectivity index (χ3v) is 2.65. The molecule has 0 aromatic heterocycles. The van der Waals surface area contributed by atoms with Gasteiger partial charge in [0, 0.05) is 6.04 Å². The molecule has 0 saturated carbocycles. The fraction of sp³-hybridized carbons (Fsp3) is 0.500. The Hall–Kier alpha value is -1.55. The van der Waals surface area contributed by atoms with Crippen LogP contribution in [0.15, 0.2) is 24.3 Å². The van der Waals surface area contributed by atoms with E-state index in [1.165, 1.54) is 12.7 Å². The molecule has 100 valence electrons. The molecule has 4 heteroatoms. The van der Waals surface area contributed by atoms with E-state index in [0.717, 1.165) is 5.75 Å². The number of hydrogen-bond acceptors (Lipinski definition) is 4. The van der Waals surface area contributed by atoms with Crippen LogP contribution in [0.4, 0.5) is 0 Å². The second kappa shape index (κ2) is 7.01. The van der Waals surface area contributed by atoms with Crippen LogP contribution in [0.2, 0.25) is 0 Å². The second-order valence-electron chi connectivity index (χ2n) is 4.58. The van der Waals surface area contributed by atoms with E-state index in [9.17, 15) is 4.79 Å². The van der Waals surface area contributed by atoms with E-state index < -0.39 is 0 Å². The molecule has 0 heterocycles. The third kappa shape index (κ3) is 4.75. The van der Waals surface area contributed by atoms with Crippen molar-refractivity contribution in [3.05, 3.63) is 29.8 Å². The van der Waals surface area contributed by atoms with Gasteiger partial charge in [-0.25, -0.2) is 0 Å². The zero-order valence-corrected chi connectivity index (χ0v) is 11.2. The molecule has 0 aliphatic carbocycles. The number of benzene rings is 1. The van der Waals surface area contributed by atoms with E-state index >= 15 is 0 Å². The van der Waals surface area contributed by atoms with Crippen molar-refractivity contribution in [2.45, 2.75) is 32.2 Å².